The average Bonchev–Trinajstić information content (AvgIpc) is 3.51. The number of carboxylic acid groups (broad SMARTS) is 1. The van der Waals surface area contributed by atoms with Crippen molar-refractivity contribution in [2.45, 2.75) is 38.6 Å². The third-order valence-electron chi connectivity index (χ3n) is 7.81. The monoisotopic (exact) mass is 501 g/mol. The third-order valence-corrected chi connectivity index (χ3v) is 8.78. The molecule has 0 atom stereocenters. The summed E-state index contributed by atoms with van der Waals surface area (Å²) in [5.74, 6) is -0.0276. The minimum Gasteiger partial charge on any atom is -0.478 e. The Hall–Kier alpha value is -3.23. The van der Waals surface area contributed by atoms with Crippen LogP contribution in [0, 0.1) is 5.92 Å². The number of imidazole rings is 1. The number of benzene rings is 2. The van der Waals surface area contributed by atoms with E-state index in [9.17, 15) is 4.79 Å². The molecule has 8 heteroatoms. The molecular formula is C28H31N5O2S. The van der Waals surface area contributed by atoms with Crippen molar-refractivity contribution in [3.63, 3.8) is 0 Å². The lowest BCUT2D eigenvalue weighted by Crippen LogP contribution is -2.51. The molecule has 0 unspecified atom stereocenters. The summed E-state index contributed by atoms with van der Waals surface area (Å²) < 4.78 is 1.84. The van der Waals surface area contributed by atoms with Gasteiger partial charge >= 0.3 is 5.97 Å². The first-order valence-electron chi connectivity index (χ1n) is 12.8. The van der Waals surface area contributed by atoms with Gasteiger partial charge < -0.3 is 10.0 Å². The van der Waals surface area contributed by atoms with Gasteiger partial charge in [0.1, 0.15) is 5.01 Å². The lowest BCUT2D eigenvalue weighted by atomic mass is 9.86. The summed E-state index contributed by atoms with van der Waals surface area (Å²) in [6.45, 7) is 6.87. The Bertz CT molecular complexity index is 1350. The van der Waals surface area contributed by atoms with Crippen molar-refractivity contribution in [3.05, 3.63) is 60.3 Å². The standard InChI is InChI=1S/C28H31N5O2S/c1-19-2-10-23(11-3-19)31-14-16-32(17-15-31)24-12-8-21(9-13-24)26-30-33-25(18-29-28(33)36-26)20-4-6-22(7-5-20)27(34)35/h4-9,12-13,18-19,23H,2-3,10-11,14-17H2,1H3,(H,34,35). The fourth-order valence-electron chi connectivity index (χ4n) is 5.56. The number of fused-ring (bicyclic) bond motifs is 1. The van der Waals surface area contributed by atoms with E-state index in [-0.39, 0.29) is 5.56 Å². The van der Waals surface area contributed by atoms with Crippen molar-refractivity contribution < 1.29 is 9.90 Å². The van der Waals surface area contributed by atoms with Crippen molar-refractivity contribution in [3.8, 4) is 21.8 Å². The first kappa shape index (κ1) is 23.2. The van der Waals surface area contributed by atoms with E-state index in [0.29, 0.717) is 0 Å². The summed E-state index contributed by atoms with van der Waals surface area (Å²) in [5.41, 5.74) is 4.36. The van der Waals surface area contributed by atoms with Gasteiger partial charge in [-0.05, 0) is 68.0 Å². The second-order valence-corrected chi connectivity index (χ2v) is 11.1. The van der Waals surface area contributed by atoms with Gasteiger partial charge in [-0.25, -0.2) is 14.3 Å². The van der Waals surface area contributed by atoms with Crippen LogP contribution in [0.25, 0.3) is 26.8 Å². The maximum Gasteiger partial charge on any atom is 0.335 e. The van der Waals surface area contributed by atoms with Crippen molar-refractivity contribution >= 4 is 28.0 Å². The maximum atomic E-state index is 11.2. The fourth-order valence-corrected chi connectivity index (χ4v) is 6.44. The number of carbonyl (C=O) groups is 1. The molecule has 0 spiro atoms. The molecule has 7 nitrogen and oxygen atoms in total. The zero-order valence-corrected chi connectivity index (χ0v) is 21.3. The Kier molecular flexibility index (Phi) is 6.23. The summed E-state index contributed by atoms with van der Waals surface area (Å²) in [4.78, 5) is 21.7. The summed E-state index contributed by atoms with van der Waals surface area (Å²) >= 11 is 1.56. The van der Waals surface area contributed by atoms with Crippen molar-refractivity contribution in [1.82, 2.24) is 19.5 Å². The molecule has 0 radical (unpaired) electrons. The molecule has 1 aliphatic heterocycles. The molecule has 0 bridgehead atoms. The van der Waals surface area contributed by atoms with Crippen LogP contribution >= 0.6 is 11.3 Å². The first-order chi connectivity index (χ1) is 17.5. The highest BCUT2D eigenvalue weighted by Crippen LogP contribution is 2.32. The topological polar surface area (TPSA) is 74.0 Å². The molecule has 1 saturated heterocycles. The van der Waals surface area contributed by atoms with Gasteiger partial charge in [0.05, 0.1) is 17.5 Å². The maximum absolute atomic E-state index is 11.2. The zero-order chi connectivity index (χ0) is 24.6. The average molecular weight is 502 g/mol. The Morgan fingerprint density at radius 3 is 2.25 bits per heavy atom. The summed E-state index contributed by atoms with van der Waals surface area (Å²) in [6.07, 6.45) is 7.28. The molecule has 186 valence electrons. The summed E-state index contributed by atoms with van der Waals surface area (Å²) in [6, 6.07) is 16.3. The van der Waals surface area contributed by atoms with Gasteiger partial charge in [-0.3, -0.25) is 4.90 Å². The molecule has 1 N–H and O–H groups in total. The largest absolute Gasteiger partial charge is 0.478 e. The number of carboxylic acids is 1. The van der Waals surface area contributed by atoms with Gasteiger partial charge in [-0.1, -0.05) is 30.4 Å². The third kappa shape index (κ3) is 4.51. The van der Waals surface area contributed by atoms with Gasteiger partial charge in [-0.15, -0.1) is 0 Å². The molecule has 2 fully saturated rings. The van der Waals surface area contributed by atoms with Crippen LogP contribution in [0.1, 0.15) is 43.0 Å². The van der Waals surface area contributed by atoms with E-state index in [1.165, 1.54) is 31.4 Å². The Morgan fingerprint density at radius 2 is 1.58 bits per heavy atom. The first-order valence-corrected chi connectivity index (χ1v) is 13.6. The quantitative estimate of drug-likeness (QED) is 0.388. The van der Waals surface area contributed by atoms with E-state index in [4.69, 9.17) is 10.2 Å². The van der Waals surface area contributed by atoms with E-state index in [1.807, 2.05) is 4.52 Å². The second kappa shape index (κ2) is 9.67. The molecule has 1 aliphatic carbocycles. The molecule has 4 aromatic rings. The van der Waals surface area contributed by atoms with E-state index in [2.05, 4.69) is 46.0 Å². The van der Waals surface area contributed by atoms with Crippen LogP contribution in [-0.2, 0) is 0 Å². The molecule has 3 heterocycles. The van der Waals surface area contributed by atoms with Gasteiger partial charge in [0, 0.05) is 49.0 Å². The predicted molar refractivity (Wildman–Crippen MR) is 144 cm³/mol. The van der Waals surface area contributed by atoms with Crippen molar-refractivity contribution in [1.29, 1.82) is 0 Å². The molecule has 36 heavy (non-hydrogen) atoms. The minimum atomic E-state index is -0.930. The highest BCUT2D eigenvalue weighted by Gasteiger charge is 2.27. The molecule has 1 saturated carbocycles. The molecule has 6 rings (SSSR count). The summed E-state index contributed by atoms with van der Waals surface area (Å²) in [5, 5.41) is 14.9. The number of hydrogen-bond donors (Lipinski definition) is 1. The van der Waals surface area contributed by atoms with E-state index in [1.54, 1.807) is 41.8 Å². The number of piperazine rings is 1. The number of nitrogens with zero attached hydrogens (tertiary/aromatic N) is 5. The molecule has 2 aromatic carbocycles. The van der Waals surface area contributed by atoms with Crippen molar-refractivity contribution in [2.75, 3.05) is 31.1 Å². The number of hydrogen-bond acceptors (Lipinski definition) is 6. The normalized spacial score (nSPS) is 21.2. The molecular weight excluding hydrogens is 470 g/mol. The van der Waals surface area contributed by atoms with E-state index < -0.39 is 5.97 Å². The van der Waals surface area contributed by atoms with Crippen LogP contribution in [-0.4, -0.2) is 62.8 Å². The van der Waals surface area contributed by atoms with Gasteiger partial charge in [-0.2, -0.15) is 5.10 Å². The molecule has 0 amide bonds. The van der Waals surface area contributed by atoms with Crippen LogP contribution in [0.15, 0.2) is 54.7 Å². The van der Waals surface area contributed by atoms with Crippen LogP contribution in [0.3, 0.4) is 0 Å². The highest BCUT2D eigenvalue weighted by atomic mass is 32.1. The Morgan fingerprint density at radius 1 is 0.917 bits per heavy atom. The van der Waals surface area contributed by atoms with Gasteiger partial charge in [0.2, 0.25) is 4.96 Å². The molecule has 2 aliphatic rings. The van der Waals surface area contributed by atoms with Crippen LogP contribution in [0.5, 0.6) is 0 Å². The lowest BCUT2D eigenvalue weighted by Gasteiger charge is -2.42. The number of aromatic nitrogens is 3. The second-order valence-electron chi connectivity index (χ2n) is 10.1. The smallest absolute Gasteiger partial charge is 0.335 e. The zero-order valence-electron chi connectivity index (χ0n) is 20.5. The van der Waals surface area contributed by atoms with Crippen LogP contribution < -0.4 is 4.90 Å². The highest BCUT2D eigenvalue weighted by molar-refractivity contribution is 7.19. The van der Waals surface area contributed by atoms with E-state index >= 15 is 0 Å². The van der Waals surface area contributed by atoms with Crippen molar-refractivity contribution in [2.24, 2.45) is 5.92 Å². The van der Waals surface area contributed by atoms with Gasteiger partial charge in [0.15, 0.2) is 0 Å². The lowest BCUT2D eigenvalue weighted by molar-refractivity contribution is 0.0697. The SMILES string of the molecule is CC1CCC(N2CCN(c3ccc(-c4nn5c(-c6ccc(C(=O)O)cc6)cnc5s4)cc3)CC2)CC1. The predicted octanol–water partition coefficient (Wildman–Crippen LogP) is 5.52. The fraction of sp³-hybridized carbons (Fsp3) is 0.393. The Balaban J connectivity index is 1.14. The van der Waals surface area contributed by atoms with Gasteiger partial charge in [0.25, 0.3) is 0 Å². The number of anilines is 1. The van der Waals surface area contributed by atoms with Crippen LogP contribution in [0.2, 0.25) is 0 Å². The summed E-state index contributed by atoms with van der Waals surface area (Å²) in [7, 11) is 0. The number of rotatable bonds is 5. The minimum absolute atomic E-state index is 0.267. The number of aromatic carboxylic acids is 1. The van der Waals surface area contributed by atoms with Crippen LogP contribution in [0.4, 0.5) is 5.69 Å². The molecule has 2 aromatic heterocycles. The van der Waals surface area contributed by atoms with E-state index in [0.717, 1.165) is 64.9 Å². The Labute approximate surface area is 215 Å².